The molecule has 0 aliphatic heterocycles. The second-order valence-corrected chi connectivity index (χ2v) is 8.88. The summed E-state index contributed by atoms with van der Waals surface area (Å²) in [5.74, 6) is -0.405. The molecule has 27 heavy (non-hydrogen) atoms. The third-order valence-electron chi connectivity index (χ3n) is 4.01. The van der Waals surface area contributed by atoms with Crippen molar-refractivity contribution >= 4 is 39.1 Å². The van der Waals surface area contributed by atoms with Gasteiger partial charge in [0.2, 0.25) is 15.9 Å². The summed E-state index contributed by atoms with van der Waals surface area (Å²) in [6.45, 7) is 3.37. The van der Waals surface area contributed by atoms with Crippen molar-refractivity contribution in [2.45, 2.75) is 43.7 Å². The van der Waals surface area contributed by atoms with Crippen LogP contribution >= 0.6 is 23.2 Å². The number of sulfonamides is 1. The summed E-state index contributed by atoms with van der Waals surface area (Å²) < 4.78 is 27.3. The van der Waals surface area contributed by atoms with Crippen LogP contribution in [0, 0.1) is 0 Å². The summed E-state index contributed by atoms with van der Waals surface area (Å²) in [5.41, 5.74) is 1.18. The highest BCUT2D eigenvalue weighted by molar-refractivity contribution is 7.89. The molecule has 0 aromatic heterocycles. The highest BCUT2D eigenvalue weighted by Crippen LogP contribution is 2.25. The molecular formula is C19H22Cl2N2O3S. The first-order chi connectivity index (χ1) is 12.7. The molecule has 2 aromatic rings. The van der Waals surface area contributed by atoms with Crippen molar-refractivity contribution in [1.29, 1.82) is 0 Å². The molecule has 0 saturated heterocycles. The number of hydrogen-bond donors (Lipinski definition) is 2. The Morgan fingerprint density at radius 1 is 1.07 bits per heavy atom. The molecule has 0 spiro atoms. The van der Waals surface area contributed by atoms with E-state index in [4.69, 9.17) is 23.2 Å². The van der Waals surface area contributed by atoms with Crippen LogP contribution in [0.4, 0.5) is 0 Å². The molecule has 0 aliphatic rings. The van der Waals surface area contributed by atoms with Crippen molar-refractivity contribution in [2.75, 3.05) is 0 Å². The van der Waals surface area contributed by atoms with Crippen LogP contribution in [0.5, 0.6) is 0 Å². The van der Waals surface area contributed by atoms with Gasteiger partial charge in [0, 0.05) is 11.1 Å². The van der Waals surface area contributed by atoms with Crippen LogP contribution < -0.4 is 10.0 Å². The fraction of sp³-hybridized carbons (Fsp3) is 0.316. The number of nitrogens with one attached hydrogen (secondary N) is 2. The van der Waals surface area contributed by atoms with Gasteiger partial charge < -0.3 is 5.32 Å². The normalized spacial score (nSPS) is 13.8. The lowest BCUT2D eigenvalue weighted by atomic mass is 10.1. The maximum absolute atomic E-state index is 12.5. The predicted octanol–water partition coefficient (Wildman–Crippen LogP) is 3.80. The Labute approximate surface area is 170 Å². The van der Waals surface area contributed by atoms with E-state index in [9.17, 15) is 13.2 Å². The average molecular weight is 429 g/mol. The standard InChI is InChI=1S/C19H22Cl2N2O3S/c1-13(8-9-15-6-4-3-5-7-15)22-19(24)14(2)23-27(25,26)18-12-16(20)10-11-17(18)21/h3-7,10-14,23H,8-9H2,1-2H3,(H,22,24)/t13-,14-/m0/s1. The van der Waals surface area contributed by atoms with Gasteiger partial charge in [0.15, 0.2) is 0 Å². The Balaban J connectivity index is 1.93. The number of carbonyl (C=O) groups is 1. The van der Waals surface area contributed by atoms with Crippen molar-refractivity contribution in [3.05, 3.63) is 64.1 Å². The molecule has 8 heteroatoms. The third-order valence-corrected chi connectivity index (χ3v) is 6.26. The summed E-state index contributed by atoms with van der Waals surface area (Å²) in [5, 5.41) is 3.10. The van der Waals surface area contributed by atoms with Crippen molar-refractivity contribution in [1.82, 2.24) is 10.0 Å². The van der Waals surface area contributed by atoms with Crippen molar-refractivity contribution in [3.63, 3.8) is 0 Å². The number of rotatable bonds is 8. The highest BCUT2D eigenvalue weighted by Gasteiger charge is 2.25. The molecule has 0 heterocycles. The van der Waals surface area contributed by atoms with Gasteiger partial charge in [-0.3, -0.25) is 4.79 Å². The van der Waals surface area contributed by atoms with Gasteiger partial charge in [-0.25, -0.2) is 8.42 Å². The van der Waals surface area contributed by atoms with E-state index in [1.54, 1.807) is 0 Å². The fourth-order valence-corrected chi connectivity index (χ4v) is 4.47. The largest absolute Gasteiger partial charge is 0.352 e. The molecule has 2 rings (SSSR count). The topological polar surface area (TPSA) is 75.3 Å². The summed E-state index contributed by atoms with van der Waals surface area (Å²) >= 11 is 11.8. The molecule has 2 atom stereocenters. The first kappa shape index (κ1) is 21.7. The molecule has 0 bridgehead atoms. The lowest BCUT2D eigenvalue weighted by Gasteiger charge is -2.19. The van der Waals surface area contributed by atoms with Gasteiger partial charge in [-0.1, -0.05) is 53.5 Å². The molecule has 5 nitrogen and oxygen atoms in total. The van der Waals surface area contributed by atoms with Crippen molar-refractivity contribution in [3.8, 4) is 0 Å². The summed E-state index contributed by atoms with van der Waals surface area (Å²) in [6.07, 6.45) is 1.57. The minimum Gasteiger partial charge on any atom is -0.352 e. The van der Waals surface area contributed by atoms with Gasteiger partial charge in [0.25, 0.3) is 0 Å². The van der Waals surface area contributed by atoms with Gasteiger partial charge in [0.1, 0.15) is 4.90 Å². The molecule has 0 saturated carbocycles. The predicted molar refractivity (Wildman–Crippen MR) is 109 cm³/mol. The zero-order valence-corrected chi connectivity index (χ0v) is 17.4. The second kappa shape index (κ2) is 9.55. The maximum atomic E-state index is 12.5. The van der Waals surface area contributed by atoms with Gasteiger partial charge >= 0.3 is 0 Å². The molecule has 1 amide bonds. The second-order valence-electron chi connectivity index (χ2n) is 6.35. The SMILES string of the molecule is C[C@H](NS(=O)(=O)c1cc(Cl)ccc1Cl)C(=O)N[C@@H](C)CCc1ccccc1. The fourth-order valence-electron chi connectivity index (χ4n) is 2.50. The molecule has 0 aliphatic carbocycles. The van der Waals surface area contributed by atoms with E-state index in [-0.39, 0.29) is 21.0 Å². The molecule has 0 unspecified atom stereocenters. The lowest BCUT2D eigenvalue weighted by Crippen LogP contribution is -2.47. The van der Waals surface area contributed by atoms with Gasteiger partial charge in [-0.15, -0.1) is 0 Å². The third kappa shape index (κ3) is 6.50. The van der Waals surface area contributed by atoms with Crippen molar-refractivity contribution in [2.24, 2.45) is 0 Å². The summed E-state index contributed by atoms with van der Waals surface area (Å²) in [4.78, 5) is 12.2. The van der Waals surface area contributed by atoms with Gasteiger partial charge in [-0.2, -0.15) is 4.72 Å². The number of carbonyl (C=O) groups excluding carboxylic acids is 1. The van der Waals surface area contributed by atoms with E-state index in [2.05, 4.69) is 10.0 Å². The highest BCUT2D eigenvalue weighted by atomic mass is 35.5. The molecule has 2 N–H and O–H groups in total. The Hall–Kier alpha value is -1.60. The first-order valence-corrected chi connectivity index (χ1v) is 10.7. The maximum Gasteiger partial charge on any atom is 0.242 e. The molecular weight excluding hydrogens is 407 g/mol. The van der Waals surface area contributed by atoms with Crippen LogP contribution in [0.2, 0.25) is 10.0 Å². The number of amides is 1. The van der Waals surface area contributed by atoms with Crippen LogP contribution in [0.15, 0.2) is 53.4 Å². The summed E-state index contributed by atoms with van der Waals surface area (Å²) in [7, 11) is -3.98. The van der Waals surface area contributed by atoms with E-state index in [1.807, 2.05) is 37.3 Å². The van der Waals surface area contributed by atoms with Crippen molar-refractivity contribution < 1.29 is 13.2 Å². The van der Waals surface area contributed by atoms with Gasteiger partial charge in [-0.05, 0) is 50.5 Å². The van der Waals surface area contributed by atoms with E-state index >= 15 is 0 Å². The number of aryl methyl sites for hydroxylation is 1. The minimum absolute atomic E-state index is 0.0377. The van der Waals surface area contributed by atoms with Crippen LogP contribution in [-0.2, 0) is 21.2 Å². The quantitative estimate of drug-likeness (QED) is 0.671. The van der Waals surface area contributed by atoms with E-state index in [0.29, 0.717) is 0 Å². The Morgan fingerprint density at radius 3 is 2.41 bits per heavy atom. The van der Waals surface area contributed by atoms with E-state index in [1.165, 1.54) is 30.7 Å². The Bertz CT molecular complexity index is 889. The van der Waals surface area contributed by atoms with Gasteiger partial charge in [0.05, 0.1) is 11.1 Å². The van der Waals surface area contributed by atoms with Crippen LogP contribution in [-0.4, -0.2) is 26.4 Å². The zero-order valence-electron chi connectivity index (χ0n) is 15.1. The number of hydrogen-bond acceptors (Lipinski definition) is 3. The molecule has 0 radical (unpaired) electrons. The minimum atomic E-state index is -3.98. The first-order valence-electron chi connectivity index (χ1n) is 8.50. The van der Waals surface area contributed by atoms with E-state index in [0.717, 1.165) is 12.8 Å². The van der Waals surface area contributed by atoms with Crippen LogP contribution in [0.25, 0.3) is 0 Å². The lowest BCUT2D eigenvalue weighted by molar-refractivity contribution is -0.123. The number of benzene rings is 2. The molecule has 2 aromatic carbocycles. The monoisotopic (exact) mass is 428 g/mol. The number of halogens is 2. The Morgan fingerprint density at radius 2 is 1.74 bits per heavy atom. The average Bonchev–Trinajstić information content (AvgIpc) is 2.62. The molecule has 0 fully saturated rings. The summed E-state index contributed by atoms with van der Waals surface area (Å²) in [6, 6.07) is 13.0. The smallest absolute Gasteiger partial charge is 0.242 e. The molecule has 146 valence electrons. The zero-order chi connectivity index (χ0) is 20.0. The Kier molecular flexibility index (Phi) is 7.68. The van der Waals surface area contributed by atoms with Crippen LogP contribution in [0.3, 0.4) is 0 Å². The van der Waals surface area contributed by atoms with E-state index < -0.39 is 22.0 Å². The van der Waals surface area contributed by atoms with Crippen LogP contribution in [0.1, 0.15) is 25.8 Å².